The van der Waals surface area contributed by atoms with Gasteiger partial charge in [0.25, 0.3) is 0 Å². The summed E-state index contributed by atoms with van der Waals surface area (Å²) < 4.78 is 0. The minimum absolute atomic E-state index is 0. The second-order valence-corrected chi connectivity index (χ2v) is 4.89. The third kappa shape index (κ3) is 3.11. The molecule has 2 aliphatic rings. The molecule has 3 heteroatoms. The number of hydrogen-bond donors (Lipinski definition) is 0. The molecule has 18 heavy (non-hydrogen) atoms. The van der Waals surface area contributed by atoms with Crippen LogP contribution in [-0.2, 0) is 26.2 Å². The van der Waals surface area contributed by atoms with Gasteiger partial charge >= 0.3 is 26.2 Å². The fourth-order valence-corrected chi connectivity index (χ4v) is 2.73. The van der Waals surface area contributed by atoms with Gasteiger partial charge in [0.05, 0.1) is 0 Å². The Kier molecular flexibility index (Phi) is 8.38. The number of hydrogen-bond acceptors (Lipinski definition) is 0. The molecule has 0 aliphatic heterocycles. The molecule has 0 aromatic heterocycles. The van der Waals surface area contributed by atoms with Crippen LogP contribution in [0.25, 0.3) is 0 Å². The van der Waals surface area contributed by atoms with Crippen molar-refractivity contribution in [2.24, 2.45) is 5.41 Å². The van der Waals surface area contributed by atoms with Gasteiger partial charge in [-0.05, 0) is 13.3 Å². The molecule has 0 saturated carbocycles. The summed E-state index contributed by atoms with van der Waals surface area (Å²) in [7, 11) is 0. The summed E-state index contributed by atoms with van der Waals surface area (Å²) in [6.45, 7) is 11.1. The Labute approximate surface area is 143 Å². The predicted molar refractivity (Wildman–Crippen MR) is 65.4 cm³/mol. The maximum Gasteiger partial charge on any atom is 3.00 e. The summed E-state index contributed by atoms with van der Waals surface area (Å²) in [5.74, 6) is 0. The first-order chi connectivity index (χ1) is 6.97. The summed E-state index contributed by atoms with van der Waals surface area (Å²) >= 11 is 0. The second kappa shape index (κ2) is 7.27. The maximum atomic E-state index is 3.65. The van der Waals surface area contributed by atoms with Gasteiger partial charge in [-0.1, -0.05) is 49.5 Å². The van der Waals surface area contributed by atoms with E-state index in [9.17, 15) is 0 Å². The quantitative estimate of drug-likeness (QED) is 0.493. The van der Waals surface area contributed by atoms with Gasteiger partial charge in [0.15, 0.2) is 0 Å². The average Bonchev–Trinajstić information content (AvgIpc) is 2.68. The first-order valence-electron chi connectivity index (χ1n) is 5.63. The Hall–Kier alpha value is 0.423. The normalized spacial score (nSPS) is 25.5. The van der Waals surface area contributed by atoms with E-state index in [0.29, 0.717) is 0 Å². The molecular weight excluding hydrogens is 342 g/mol. The fraction of sp³-hybridized carbons (Fsp3) is 0.467. The van der Waals surface area contributed by atoms with Crippen LogP contribution in [0, 0.1) is 11.5 Å². The zero-order valence-corrected chi connectivity index (χ0v) is 15.6. The molecular formula is C15H19Cl2Zr. The summed E-state index contributed by atoms with van der Waals surface area (Å²) in [6, 6.07) is 0. The molecule has 0 aromatic rings. The van der Waals surface area contributed by atoms with Crippen molar-refractivity contribution in [2.45, 2.75) is 41.0 Å². The van der Waals surface area contributed by atoms with E-state index in [4.69, 9.17) is 0 Å². The van der Waals surface area contributed by atoms with Gasteiger partial charge in [0, 0.05) is 0 Å². The van der Waals surface area contributed by atoms with Crippen LogP contribution in [0.2, 0.25) is 0 Å². The van der Waals surface area contributed by atoms with Crippen LogP contribution < -0.4 is 24.8 Å². The second-order valence-electron chi connectivity index (χ2n) is 4.89. The summed E-state index contributed by atoms with van der Waals surface area (Å²) in [5, 5.41) is 0. The van der Waals surface area contributed by atoms with Crippen molar-refractivity contribution in [3.8, 4) is 0 Å². The van der Waals surface area contributed by atoms with Gasteiger partial charge in [-0.3, -0.25) is 6.08 Å². The Balaban J connectivity index is 0. The Morgan fingerprint density at radius 2 is 1.67 bits per heavy atom. The van der Waals surface area contributed by atoms with E-state index in [2.05, 4.69) is 52.8 Å². The first kappa shape index (κ1) is 20.7. The van der Waals surface area contributed by atoms with Crippen molar-refractivity contribution >= 4 is 0 Å². The molecule has 2 aliphatic carbocycles. The van der Waals surface area contributed by atoms with E-state index in [-0.39, 0.29) is 56.4 Å². The van der Waals surface area contributed by atoms with Crippen LogP contribution >= 0.6 is 0 Å². The Bertz CT molecular complexity index is 441. The SMILES string of the molecule is CC1=[C-]C(C)(C2=C(C)C=CC2)C(C)=C1C.[Cl-].[Cl-].[Zr+3]. The van der Waals surface area contributed by atoms with E-state index < -0.39 is 0 Å². The van der Waals surface area contributed by atoms with Crippen LogP contribution in [-0.4, -0.2) is 0 Å². The van der Waals surface area contributed by atoms with Gasteiger partial charge in [-0.25, -0.2) is 5.57 Å². The van der Waals surface area contributed by atoms with Crippen molar-refractivity contribution < 1.29 is 51.0 Å². The topological polar surface area (TPSA) is 0 Å². The molecule has 0 N–H and O–H groups in total. The number of rotatable bonds is 1. The molecule has 2 rings (SSSR count). The Morgan fingerprint density at radius 1 is 1.11 bits per heavy atom. The molecule has 1 radical (unpaired) electrons. The molecule has 97 valence electrons. The van der Waals surface area contributed by atoms with Crippen molar-refractivity contribution in [2.75, 3.05) is 0 Å². The summed E-state index contributed by atoms with van der Waals surface area (Å²) in [6.07, 6.45) is 9.23. The molecule has 0 bridgehead atoms. The Morgan fingerprint density at radius 3 is 2.00 bits per heavy atom. The van der Waals surface area contributed by atoms with Crippen LogP contribution in [0.15, 0.2) is 40.0 Å². The molecule has 0 amide bonds. The molecule has 1 unspecified atom stereocenters. The molecule has 0 aromatic carbocycles. The largest absolute Gasteiger partial charge is 3.00 e. The standard InChI is InChI=1S/C15H19.2ClH.Zr/c1-10-7-6-8-14(10)15(5)9-11(2)12(3)13(15)4;;;/h6-7H,8H2,1-5H3;2*1H;/q-1;;;+3/p-2. The van der Waals surface area contributed by atoms with Crippen LogP contribution in [0.3, 0.4) is 0 Å². The van der Waals surface area contributed by atoms with E-state index in [0.717, 1.165) is 6.42 Å². The zero-order valence-electron chi connectivity index (χ0n) is 11.6. The van der Waals surface area contributed by atoms with Gasteiger partial charge in [-0.2, -0.15) is 11.1 Å². The third-order valence-electron chi connectivity index (χ3n) is 4.08. The van der Waals surface area contributed by atoms with Gasteiger partial charge in [0.2, 0.25) is 0 Å². The molecule has 1 atom stereocenters. The number of allylic oxidation sites excluding steroid dienone is 8. The van der Waals surface area contributed by atoms with Crippen molar-refractivity contribution in [1.82, 2.24) is 0 Å². The molecule has 0 nitrogen and oxygen atoms in total. The monoisotopic (exact) mass is 359 g/mol. The van der Waals surface area contributed by atoms with Crippen molar-refractivity contribution in [3.63, 3.8) is 0 Å². The van der Waals surface area contributed by atoms with Gasteiger partial charge in [-0.15, -0.1) is 6.92 Å². The molecule has 0 fully saturated rings. The van der Waals surface area contributed by atoms with Crippen LogP contribution in [0.4, 0.5) is 0 Å². The predicted octanol–water partition coefficient (Wildman–Crippen LogP) is -1.63. The van der Waals surface area contributed by atoms with Gasteiger partial charge < -0.3 is 24.8 Å². The van der Waals surface area contributed by atoms with Crippen molar-refractivity contribution in [3.05, 3.63) is 46.1 Å². The van der Waals surface area contributed by atoms with E-state index in [1.54, 1.807) is 0 Å². The molecule has 0 saturated heterocycles. The van der Waals surface area contributed by atoms with E-state index >= 15 is 0 Å². The minimum atomic E-state index is 0. The van der Waals surface area contributed by atoms with Crippen molar-refractivity contribution in [1.29, 1.82) is 0 Å². The molecule has 0 heterocycles. The number of halogens is 2. The minimum Gasteiger partial charge on any atom is -1.00 e. The summed E-state index contributed by atoms with van der Waals surface area (Å²) in [4.78, 5) is 0. The first-order valence-corrected chi connectivity index (χ1v) is 5.63. The zero-order chi connectivity index (χ0) is 11.2. The van der Waals surface area contributed by atoms with Crippen LogP contribution in [0.1, 0.15) is 41.0 Å². The summed E-state index contributed by atoms with van der Waals surface area (Å²) in [5.41, 5.74) is 7.22. The average molecular weight is 361 g/mol. The maximum absolute atomic E-state index is 3.65. The van der Waals surface area contributed by atoms with E-state index in [1.165, 1.54) is 27.9 Å². The molecule has 0 spiro atoms. The van der Waals surface area contributed by atoms with E-state index in [1.807, 2.05) is 0 Å². The third-order valence-corrected chi connectivity index (χ3v) is 4.08. The van der Waals surface area contributed by atoms with Crippen LogP contribution in [0.5, 0.6) is 0 Å². The smallest absolute Gasteiger partial charge is 1.00 e. The fourth-order valence-electron chi connectivity index (χ4n) is 2.73. The van der Waals surface area contributed by atoms with Gasteiger partial charge in [0.1, 0.15) is 0 Å².